The standard InChI is InChI=1S/C16H20N2O3/c1-5-8-18-15(14(21-4)10-17-18)16(19)12-6-7-13(20-3)11(2)9-12/h6-7,9-10H,5,8H2,1-4H3. The van der Waals surface area contributed by atoms with E-state index in [1.165, 1.54) is 0 Å². The summed E-state index contributed by atoms with van der Waals surface area (Å²) in [4.78, 5) is 12.8. The van der Waals surface area contributed by atoms with Crippen LogP contribution in [0.4, 0.5) is 0 Å². The fourth-order valence-corrected chi connectivity index (χ4v) is 2.28. The molecule has 1 aromatic heterocycles. The van der Waals surface area contributed by atoms with Crippen molar-refractivity contribution in [2.75, 3.05) is 14.2 Å². The van der Waals surface area contributed by atoms with Gasteiger partial charge in [0.25, 0.3) is 0 Å². The quantitative estimate of drug-likeness (QED) is 0.767. The maximum absolute atomic E-state index is 12.8. The van der Waals surface area contributed by atoms with Gasteiger partial charge >= 0.3 is 0 Å². The number of hydrogen-bond donors (Lipinski definition) is 0. The molecule has 0 saturated heterocycles. The van der Waals surface area contributed by atoms with Crippen LogP contribution in [0.15, 0.2) is 24.4 Å². The Balaban J connectivity index is 2.44. The predicted octanol–water partition coefficient (Wildman–Crippen LogP) is 2.85. The average molecular weight is 288 g/mol. The molecule has 0 aliphatic heterocycles. The molecule has 112 valence electrons. The highest BCUT2D eigenvalue weighted by atomic mass is 16.5. The predicted molar refractivity (Wildman–Crippen MR) is 80.2 cm³/mol. The van der Waals surface area contributed by atoms with E-state index in [1.807, 2.05) is 19.9 Å². The lowest BCUT2D eigenvalue weighted by Gasteiger charge is -2.09. The van der Waals surface area contributed by atoms with Crippen LogP contribution < -0.4 is 9.47 Å². The van der Waals surface area contributed by atoms with E-state index in [9.17, 15) is 4.79 Å². The molecule has 1 heterocycles. The highest BCUT2D eigenvalue weighted by molar-refractivity contribution is 6.09. The smallest absolute Gasteiger partial charge is 0.214 e. The number of carbonyl (C=O) groups is 1. The zero-order chi connectivity index (χ0) is 15.4. The first-order chi connectivity index (χ1) is 10.1. The Morgan fingerprint density at radius 3 is 2.52 bits per heavy atom. The zero-order valence-corrected chi connectivity index (χ0v) is 12.8. The SMILES string of the molecule is CCCn1ncc(OC)c1C(=O)c1ccc(OC)c(C)c1. The van der Waals surface area contributed by atoms with Gasteiger partial charge in [0.2, 0.25) is 5.78 Å². The summed E-state index contributed by atoms with van der Waals surface area (Å²) in [6.45, 7) is 4.63. The molecule has 0 amide bonds. The third-order valence-electron chi connectivity index (χ3n) is 3.33. The van der Waals surface area contributed by atoms with Crippen molar-refractivity contribution in [2.24, 2.45) is 0 Å². The second kappa shape index (κ2) is 6.43. The summed E-state index contributed by atoms with van der Waals surface area (Å²) in [5, 5.41) is 4.23. The Hall–Kier alpha value is -2.30. The fourth-order valence-electron chi connectivity index (χ4n) is 2.28. The van der Waals surface area contributed by atoms with E-state index in [4.69, 9.17) is 9.47 Å². The molecule has 0 unspecified atom stereocenters. The second-order valence-corrected chi connectivity index (χ2v) is 4.80. The van der Waals surface area contributed by atoms with Gasteiger partial charge in [0.15, 0.2) is 11.4 Å². The van der Waals surface area contributed by atoms with Crippen LogP contribution >= 0.6 is 0 Å². The topological polar surface area (TPSA) is 53.4 Å². The van der Waals surface area contributed by atoms with E-state index < -0.39 is 0 Å². The molecule has 0 atom stereocenters. The third-order valence-corrected chi connectivity index (χ3v) is 3.33. The van der Waals surface area contributed by atoms with Crippen molar-refractivity contribution in [3.8, 4) is 11.5 Å². The van der Waals surface area contributed by atoms with E-state index in [1.54, 1.807) is 37.2 Å². The van der Waals surface area contributed by atoms with E-state index in [0.717, 1.165) is 17.7 Å². The highest BCUT2D eigenvalue weighted by Crippen LogP contribution is 2.24. The van der Waals surface area contributed by atoms with Gasteiger partial charge in [0.1, 0.15) is 5.75 Å². The number of aryl methyl sites for hydroxylation is 2. The van der Waals surface area contributed by atoms with Crippen molar-refractivity contribution >= 4 is 5.78 Å². The fraction of sp³-hybridized carbons (Fsp3) is 0.375. The summed E-state index contributed by atoms with van der Waals surface area (Å²) < 4.78 is 12.2. The van der Waals surface area contributed by atoms with Crippen molar-refractivity contribution < 1.29 is 14.3 Å². The summed E-state index contributed by atoms with van der Waals surface area (Å²) >= 11 is 0. The van der Waals surface area contributed by atoms with Crippen molar-refractivity contribution in [3.63, 3.8) is 0 Å². The van der Waals surface area contributed by atoms with Crippen LogP contribution in [0.2, 0.25) is 0 Å². The third kappa shape index (κ3) is 2.91. The first kappa shape index (κ1) is 15.1. The van der Waals surface area contributed by atoms with Gasteiger partial charge in [-0.15, -0.1) is 0 Å². The van der Waals surface area contributed by atoms with Crippen LogP contribution in [0.5, 0.6) is 11.5 Å². The summed E-state index contributed by atoms with van der Waals surface area (Å²) in [5.41, 5.74) is 2.01. The monoisotopic (exact) mass is 288 g/mol. The zero-order valence-electron chi connectivity index (χ0n) is 12.8. The molecule has 2 aromatic rings. The minimum atomic E-state index is -0.0939. The Kier molecular flexibility index (Phi) is 4.62. The van der Waals surface area contributed by atoms with E-state index in [2.05, 4.69) is 5.10 Å². The number of carbonyl (C=O) groups excluding carboxylic acids is 1. The Morgan fingerprint density at radius 2 is 1.95 bits per heavy atom. The minimum Gasteiger partial charge on any atom is -0.496 e. The number of aromatic nitrogens is 2. The van der Waals surface area contributed by atoms with Crippen molar-refractivity contribution in [3.05, 3.63) is 41.2 Å². The molecule has 1 aromatic carbocycles. The van der Waals surface area contributed by atoms with Crippen LogP contribution in [0.1, 0.15) is 35.0 Å². The number of nitrogens with zero attached hydrogens (tertiary/aromatic N) is 2. The summed E-state index contributed by atoms with van der Waals surface area (Å²) in [7, 11) is 3.16. The molecule has 2 rings (SSSR count). The molecular formula is C16H20N2O3. The lowest BCUT2D eigenvalue weighted by Crippen LogP contribution is -2.13. The highest BCUT2D eigenvalue weighted by Gasteiger charge is 2.21. The van der Waals surface area contributed by atoms with E-state index in [0.29, 0.717) is 23.6 Å². The van der Waals surface area contributed by atoms with Crippen molar-refractivity contribution in [2.45, 2.75) is 26.8 Å². The largest absolute Gasteiger partial charge is 0.496 e. The van der Waals surface area contributed by atoms with Gasteiger partial charge in [0, 0.05) is 12.1 Å². The van der Waals surface area contributed by atoms with Gasteiger partial charge in [-0.25, -0.2) is 0 Å². The second-order valence-electron chi connectivity index (χ2n) is 4.80. The lowest BCUT2D eigenvalue weighted by atomic mass is 10.0. The van der Waals surface area contributed by atoms with Crippen molar-refractivity contribution in [1.82, 2.24) is 9.78 Å². The molecule has 21 heavy (non-hydrogen) atoms. The van der Waals surface area contributed by atoms with E-state index >= 15 is 0 Å². The van der Waals surface area contributed by atoms with Gasteiger partial charge in [-0.1, -0.05) is 6.92 Å². The number of ether oxygens (including phenoxy) is 2. The average Bonchev–Trinajstić information content (AvgIpc) is 2.89. The number of benzene rings is 1. The maximum atomic E-state index is 12.8. The number of hydrogen-bond acceptors (Lipinski definition) is 4. The molecule has 0 fully saturated rings. The summed E-state index contributed by atoms with van der Waals surface area (Å²) in [5.74, 6) is 1.17. The molecule has 0 N–H and O–H groups in total. The lowest BCUT2D eigenvalue weighted by molar-refractivity contribution is 0.102. The minimum absolute atomic E-state index is 0.0939. The molecule has 5 nitrogen and oxygen atoms in total. The number of rotatable bonds is 6. The van der Waals surface area contributed by atoms with Crippen molar-refractivity contribution in [1.29, 1.82) is 0 Å². The van der Waals surface area contributed by atoms with Crippen LogP contribution in [0.25, 0.3) is 0 Å². The van der Waals surface area contributed by atoms with Crippen LogP contribution in [0, 0.1) is 6.92 Å². The molecule has 0 aliphatic carbocycles. The van der Waals surface area contributed by atoms with Crippen LogP contribution in [-0.2, 0) is 6.54 Å². The Labute approximate surface area is 124 Å². The number of ketones is 1. The van der Waals surface area contributed by atoms with Crippen LogP contribution in [-0.4, -0.2) is 29.8 Å². The van der Waals surface area contributed by atoms with Gasteiger partial charge in [-0.2, -0.15) is 5.10 Å². The summed E-state index contributed by atoms with van der Waals surface area (Å²) in [6, 6.07) is 5.39. The molecule has 5 heteroatoms. The van der Waals surface area contributed by atoms with Gasteiger partial charge in [-0.05, 0) is 37.1 Å². The number of methoxy groups -OCH3 is 2. The van der Waals surface area contributed by atoms with Gasteiger partial charge in [-0.3, -0.25) is 9.48 Å². The first-order valence-corrected chi connectivity index (χ1v) is 6.91. The molecular weight excluding hydrogens is 268 g/mol. The Morgan fingerprint density at radius 1 is 1.24 bits per heavy atom. The maximum Gasteiger partial charge on any atom is 0.214 e. The normalized spacial score (nSPS) is 10.5. The van der Waals surface area contributed by atoms with Crippen LogP contribution in [0.3, 0.4) is 0 Å². The molecule has 0 spiro atoms. The van der Waals surface area contributed by atoms with Gasteiger partial charge in [0.05, 0.1) is 20.4 Å². The van der Waals surface area contributed by atoms with Gasteiger partial charge < -0.3 is 9.47 Å². The molecule has 0 saturated carbocycles. The Bertz CT molecular complexity index is 647. The summed E-state index contributed by atoms with van der Waals surface area (Å²) in [6.07, 6.45) is 2.48. The first-order valence-electron chi connectivity index (χ1n) is 6.91. The van der Waals surface area contributed by atoms with E-state index in [-0.39, 0.29) is 5.78 Å². The molecule has 0 aliphatic rings. The molecule has 0 radical (unpaired) electrons. The molecule has 0 bridgehead atoms.